The minimum atomic E-state index is -1.49. The van der Waals surface area contributed by atoms with Crippen LogP contribution in [0.4, 0.5) is 0 Å². The first-order chi connectivity index (χ1) is 15.8. The van der Waals surface area contributed by atoms with Crippen molar-refractivity contribution in [1.29, 1.82) is 0 Å². The van der Waals surface area contributed by atoms with Gasteiger partial charge in [-0.2, -0.15) is 0 Å². The van der Waals surface area contributed by atoms with E-state index < -0.39 is 8.32 Å². The fourth-order valence-corrected chi connectivity index (χ4v) is 7.31. The molecule has 0 aromatic carbocycles. The van der Waals surface area contributed by atoms with Gasteiger partial charge in [0.25, 0.3) is 0 Å². The van der Waals surface area contributed by atoms with Crippen LogP contribution in [0.3, 0.4) is 0 Å². The van der Waals surface area contributed by atoms with Crippen LogP contribution < -0.4 is 0 Å². The van der Waals surface area contributed by atoms with Crippen LogP contribution in [0, 0.1) is 23.7 Å². The molecule has 0 aromatic heterocycles. The van der Waals surface area contributed by atoms with Crippen molar-refractivity contribution in [3.05, 3.63) is 0 Å². The van der Waals surface area contributed by atoms with E-state index in [-0.39, 0.29) is 10.8 Å². The van der Waals surface area contributed by atoms with Crippen LogP contribution in [-0.2, 0) is 15.3 Å². The zero-order valence-electron chi connectivity index (χ0n) is 22.2. The van der Waals surface area contributed by atoms with Crippen LogP contribution in [0.15, 0.2) is 9.98 Å². The van der Waals surface area contributed by atoms with Crippen molar-refractivity contribution in [2.45, 2.75) is 116 Å². The molecule has 2 saturated carbocycles. The first kappa shape index (κ1) is 33.6. The normalized spacial score (nSPS) is 35.6. The topological polar surface area (TPSA) is 34.0 Å². The van der Waals surface area contributed by atoms with Crippen molar-refractivity contribution in [2.75, 3.05) is 6.61 Å². The molecule has 2 rings (SSSR count). The van der Waals surface area contributed by atoms with E-state index in [4.69, 9.17) is 37.6 Å². The zero-order chi connectivity index (χ0) is 26.1. The number of aliphatic imine (C=N–C) groups is 2. The molecule has 0 N–H and O–H groups in total. The summed E-state index contributed by atoms with van der Waals surface area (Å²) in [6.07, 6.45) is 6.15. The Morgan fingerprint density at radius 3 is 1.62 bits per heavy atom. The van der Waals surface area contributed by atoms with Crippen LogP contribution >= 0.6 is 51.7 Å². The van der Waals surface area contributed by atoms with E-state index in [1.165, 1.54) is 16.6 Å². The van der Waals surface area contributed by atoms with E-state index in [1.807, 2.05) is 0 Å². The maximum absolute atomic E-state index is 6.49. The first-order valence-corrected chi connectivity index (χ1v) is 21.8. The van der Waals surface area contributed by atoms with Gasteiger partial charge in [-0.05, 0) is 88.8 Å². The number of nitrogens with zero attached hydrogens (tertiary/aromatic N) is 2. The van der Waals surface area contributed by atoms with E-state index in [1.54, 1.807) is 0 Å². The molecule has 0 aliphatic heterocycles. The Balaban J connectivity index is 0.00000182. The summed E-state index contributed by atoms with van der Waals surface area (Å²) in [6.45, 7) is 19.0. The molecule has 4 atom stereocenters. The quantitative estimate of drug-likeness (QED) is 0.107. The number of halogens is 4. The van der Waals surface area contributed by atoms with Gasteiger partial charge in [0.2, 0.25) is 0 Å². The molecule has 2 fully saturated rings. The van der Waals surface area contributed by atoms with Crippen LogP contribution in [-0.4, -0.2) is 49.2 Å². The van der Waals surface area contributed by atoms with Gasteiger partial charge in [-0.15, -0.1) is 23.2 Å². The molecule has 0 spiro atoms. The summed E-state index contributed by atoms with van der Waals surface area (Å²) in [6, 6.07) is 0.674. The summed E-state index contributed by atoms with van der Waals surface area (Å²) in [4.78, 5) is 10.6. The summed E-state index contributed by atoms with van der Waals surface area (Å²) >= 11 is 19.0. The Hall–Kier alpha value is 1.55. The standard InChI is InChI=1S/C25H46Cl2N2OSi.2BrH.Ni/c1-16-12-21(26)13-17(2)24(16)28-20(5)23(10-9-11-30-31(6,7)8)29-25-18(3)14-22(27)15-19(25)4;;;/h16-19,21-22,24-25H,9-15H2,1-8H3;2*1H;/q;;;+2/p-2. The van der Waals surface area contributed by atoms with Crippen molar-refractivity contribution in [3.8, 4) is 0 Å². The number of rotatable bonds is 8. The van der Waals surface area contributed by atoms with Crippen molar-refractivity contribution in [2.24, 2.45) is 33.7 Å². The van der Waals surface area contributed by atoms with Gasteiger partial charge in [-0.25, -0.2) is 0 Å². The van der Waals surface area contributed by atoms with Gasteiger partial charge in [0.15, 0.2) is 8.32 Å². The zero-order valence-corrected chi connectivity index (χ0v) is 28.9. The van der Waals surface area contributed by atoms with Gasteiger partial charge in [-0.3, -0.25) is 9.98 Å². The predicted octanol–water partition coefficient (Wildman–Crippen LogP) is 9.29. The van der Waals surface area contributed by atoms with E-state index in [0.717, 1.165) is 50.8 Å². The summed E-state index contributed by atoms with van der Waals surface area (Å²) in [5.74, 6) is 2.05. The average molecular weight is 708 g/mol. The molecule has 2 aliphatic carbocycles. The van der Waals surface area contributed by atoms with Crippen LogP contribution in [0.1, 0.15) is 73.1 Å². The van der Waals surface area contributed by atoms with Crippen molar-refractivity contribution < 1.29 is 15.3 Å². The average Bonchev–Trinajstić information content (AvgIpc) is 2.68. The second-order valence-electron chi connectivity index (χ2n) is 11.4. The third-order valence-electron chi connectivity index (χ3n) is 7.00. The molecule has 0 saturated heterocycles. The van der Waals surface area contributed by atoms with Crippen molar-refractivity contribution >= 4 is 71.4 Å². The summed E-state index contributed by atoms with van der Waals surface area (Å²) < 4.78 is 6.11. The molecule has 0 radical (unpaired) electrons. The molecule has 0 amide bonds. The summed E-state index contributed by atoms with van der Waals surface area (Å²) in [7, 11) is -0.236. The predicted molar refractivity (Wildman–Crippen MR) is 159 cm³/mol. The Morgan fingerprint density at radius 2 is 1.24 bits per heavy atom. The second-order valence-corrected chi connectivity index (χ2v) is 22.2. The Kier molecular flexibility index (Phi) is 16.3. The van der Waals surface area contributed by atoms with Crippen molar-refractivity contribution in [3.63, 3.8) is 0 Å². The third-order valence-corrected chi connectivity index (χ3v) is 8.78. The number of hydrogen-bond donors (Lipinski definition) is 0. The molecule has 34 heavy (non-hydrogen) atoms. The van der Waals surface area contributed by atoms with Crippen molar-refractivity contribution in [1.82, 2.24) is 0 Å². The fourth-order valence-electron chi connectivity index (χ4n) is 5.43. The minimum absolute atomic E-state index is 0.284. The first-order valence-electron chi connectivity index (χ1n) is 12.6. The molecule has 0 aromatic rings. The maximum atomic E-state index is 6.49. The molecule has 0 heterocycles. The fraction of sp³-hybridized carbons (Fsp3) is 0.920. The number of alkyl halides is 2. The van der Waals surface area contributed by atoms with Gasteiger partial charge in [0, 0.05) is 17.4 Å². The number of hydrogen-bond acceptors (Lipinski definition) is 3. The summed E-state index contributed by atoms with van der Waals surface area (Å²) in [5, 5.41) is 0.572. The molecule has 3 nitrogen and oxygen atoms in total. The van der Waals surface area contributed by atoms with E-state index in [2.05, 4.69) is 82.7 Å². The Morgan fingerprint density at radius 1 is 0.853 bits per heavy atom. The van der Waals surface area contributed by atoms with E-state index in [0.29, 0.717) is 35.8 Å². The van der Waals surface area contributed by atoms with Gasteiger partial charge in [0.05, 0.1) is 23.5 Å². The third kappa shape index (κ3) is 12.4. The Labute approximate surface area is 240 Å². The molecular weight excluding hydrogens is 662 g/mol. The summed E-state index contributed by atoms with van der Waals surface area (Å²) in [5.41, 5.74) is 2.31. The molecule has 204 valence electrons. The molecular formula is C25H46Br2Cl2N2NiOSi. The van der Waals surface area contributed by atoms with E-state index in [9.17, 15) is 0 Å². The van der Waals surface area contributed by atoms with Crippen LogP contribution in [0.25, 0.3) is 0 Å². The van der Waals surface area contributed by atoms with Gasteiger partial charge >= 0.3 is 39.3 Å². The van der Waals surface area contributed by atoms with Gasteiger partial charge < -0.3 is 4.43 Å². The molecule has 9 heteroatoms. The van der Waals surface area contributed by atoms with Gasteiger partial charge in [0.1, 0.15) is 0 Å². The van der Waals surface area contributed by atoms with Crippen LogP contribution in [0.5, 0.6) is 0 Å². The molecule has 0 bridgehead atoms. The van der Waals surface area contributed by atoms with E-state index >= 15 is 0 Å². The van der Waals surface area contributed by atoms with Crippen LogP contribution in [0.2, 0.25) is 19.6 Å². The molecule has 2 aliphatic rings. The Bertz CT molecular complexity index is 641. The second kappa shape index (κ2) is 16.5. The SMILES string of the molecule is CC(=NC1C(C)CC(Cl)CC1C)C(CCCO[Si](C)(C)C)=NC1C(C)CC(Cl)CC1C.[Br][Ni][Br]. The molecule has 4 unspecified atom stereocenters. The van der Waals surface area contributed by atoms with Gasteiger partial charge in [-0.1, -0.05) is 27.7 Å². The monoisotopic (exact) mass is 704 g/mol.